The van der Waals surface area contributed by atoms with Gasteiger partial charge in [0, 0.05) is 6.54 Å². The lowest BCUT2D eigenvalue weighted by atomic mass is 9.86. The van der Waals surface area contributed by atoms with E-state index in [0.717, 1.165) is 31.7 Å². The normalized spacial score (nSPS) is 11.6. The molecule has 0 heterocycles. The smallest absolute Gasteiger partial charge is 0.137 e. The summed E-state index contributed by atoms with van der Waals surface area (Å²) < 4.78 is 5.16. The van der Waals surface area contributed by atoms with Crippen molar-refractivity contribution in [1.82, 2.24) is 5.32 Å². The predicted molar refractivity (Wildman–Crippen MR) is 78.6 cm³/mol. The monoisotopic (exact) mass is 269 g/mol. The molecule has 1 rings (SSSR count). The van der Waals surface area contributed by atoms with Crippen molar-refractivity contribution < 1.29 is 4.74 Å². The molecule has 0 fully saturated rings. The number of hydrogen-bond acceptors (Lipinski definition) is 2. The topological polar surface area (TPSA) is 21.3 Å². The lowest BCUT2D eigenvalue weighted by Crippen LogP contribution is -2.29. The molecule has 0 spiro atoms. The van der Waals surface area contributed by atoms with Crippen molar-refractivity contribution in [2.24, 2.45) is 5.41 Å². The highest BCUT2D eigenvalue weighted by Gasteiger charge is 2.17. The highest BCUT2D eigenvalue weighted by atomic mass is 35.5. The Morgan fingerprint density at radius 3 is 2.61 bits per heavy atom. The predicted octanol–water partition coefficient (Wildman–Crippen LogP) is 3.92. The van der Waals surface area contributed by atoms with Crippen molar-refractivity contribution >= 4 is 11.6 Å². The maximum Gasteiger partial charge on any atom is 0.137 e. The van der Waals surface area contributed by atoms with E-state index in [1.54, 1.807) is 7.11 Å². The number of hydrogen-bond donors (Lipinski definition) is 1. The Morgan fingerprint density at radius 1 is 1.33 bits per heavy atom. The van der Waals surface area contributed by atoms with E-state index in [4.69, 9.17) is 16.3 Å². The summed E-state index contributed by atoms with van der Waals surface area (Å²) in [5, 5.41) is 4.10. The third-order valence-corrected chi connectivity index (χ3v) is 3.46. The maximum absolute atomic E-state index is 6.13. The molecular weight excluding hydrogens is 246 g/mol. The zero-order chi connectivity index (χ0) is 13.6. The lowest BCUT2D eigenvalue weighted by Gasteiger charge is -2.25. The van der Waals surface area contributed by atoms with Gasteiger partial charge >= 0.3 is 0 Å². The minimum Gasteiger partial charge on any atom is -0.495 e. The molecule has 1 N–H and O–H groups in total. The summed E-state index contributed by atoms with van der Waals surface area (Å²) in [6, 6.07) is 6.03. The molecule has 0 aliphatic heterocycles. The number of rotatable bonds is 7. The van der Waals surface area contributed by atoms with Gasteiger partial charge in [-0.2, -0.15) is 0 Å². The average Bonchev–Trinajstić information content (AvgIpc) is 2.34. The van der Waals surface area contributed by atoms with E-state index in [2.05, 4.69) is 32.2 Å². The van der Waals surface area contributed by atoms with Gasteiger partial charge in [-0.25, -0.2) is 0 Å². The van der Waals surface area contributed by atoms with Crippen LogP contribution in [0, 0.1) is 5.41 Å². The first-order valence-corrected chi connectivity index (χ1v) is 6.89. The number of ether oxygens (including phenoxy) is 1. The third-order valence-electron chi connectivity index (χ3n) is 3.16. The van der Waals surface area contributed by atoms with E-state index >= 15 is 0 Å². The Morgan fingerprint density at radius 2 is 2.06 bits per heavy atom. The average molecular weight is 270 g/mol. The van der Waals surface area contributed by atoms with E-state index < -0.39 is 0 Å². The molecule has 0 radical (unpaired) electrons. The summed E-state index contributed by atoms with van der Waals surface area (Å²) in [5.41, 5.74) is 1.58. The quantitative estimate of drug-likeness (QED) is 0.810. The van der Waals surface area contributed by atoms with Gasteiger partial charge in [0.1, 0.15) is 5.75 Å². The van der Waals surface area contributed by atoms with Gasteiger partial charge in [0.15, 0.2) is 0 Å². The zero-order valence-electron chi connectivity index (χ0n) is 11.8. The SMILES string of the molecule is CCNCC(C)(C)CCc1ccc(OC)c(Cl)c1. The van der Waals surface area contributed by atoms with Crippen molar-refractivity contribution in [1.29, 1.82) is 0 Å². The minimum absolute atomic E-state index is 0.308. The second kappa shape index (κ2) is 7.01. The fraction of sp³-hybridized carbons (Fsp3) is 0.600. The molecule has 0 atom stereocenters. The Bertz CT molecular complexity index is 377. The van der Waals surface area contributed by atoms with Crippen molar-refractivity contribution in [3.8, 4) is 5.75 Å². The van der Waals surface area contributed by atoms with Crippen LogP contribution in [0.25, 0.3) is 0 Å². The first-order valence-electron chi connectivity index (χ1n) is 6.51. The van der Waals surface area contributed by atoms with Gasteiger partial charge in [-0.05, 0) is 42.5 Å². The van der Waals surface area contributed by atoms with Crippen LogP contribution >= 0.6 is 11.6 Å². The second-order valence-electron chi connectivity index (χ2n) is 5.41. The van der Waals surface area contributed by atoms with E-state index in [1.807, 2.05) is 12.1 Å². The lowest BCUT2D eigenvalue weighted by molar-refractivity contribution is 0.318. The molecule has 0 unspecified atom stereocenters. The summed E-state index contributed by atoms with van der Waals surface area (Å²) in [7, 11) is 1.64. The number of benzene rings is 1. The standard InChI is InChI=1S/C15H24ClNO/c1-5-17-11-15(2,3)9-8-12-6-7-14(18-4)13(16)10-12/h6-7,10,17H,5,8-9,11H2,1-4H3. The summed E-state index contributed by atoms with van der Waals surface area (Å²) >= 11 is 6.13. The van der Waals surface area contributed by atoms with Crippen molar-refractivity contribution in [2.45, 2.75) is 33.6 Å². The van der Waals surface area contributed by atoms with Gasteiger partial charge < -0.3 is 10.1 Å². The number of methoxy groups -OCH3 is 1. The van der Waals surface area contributed by atoms with Crippen LogP contribution in [0.15, 0.2) is 18.2 Å². The molecule has 0 aromatic heterocycles. The van der Waals surface area contributed by atoms with Gasteiger partial charge in [0.2, 0.25) is 0 Å². The first-order chi connectivity index (χ1) is 8.48. The van der Waals surface area contributed by atoms with Gasteiger partial charge in [0.25, 0.3) is 0 Å². The van der Waals surface area contributed by atoms with Crippen LogP contribution in [0.3, 0.4) is 0 Å². The zero-order valence-corrected chi connectivity index (χ0v) is 12.6. The minimum atomic E-state index is 0.308. The molecule has 0 aliphatic rings. The maximum atomic E-state index is 6.13. The van der Waals surface area contributed by atoms with Gasteiger partial charge in [-0.15, -0.1) is 0 Å². The molecule has 0 bridgehead atoms. The van der Waals surface area contributed by atoms with Crippen LogP contribution < -0.4 is 10.1 Å². The van der Waals surface area contributed by atoms with E-state index in [1.165, 1.54) is 5.56 Å². The highest BCUT2D eigenvalue weighted by molar-refractivity contribution is 6.32. The molecule has 18 heavy (non-hydrogen) atoms. The Kier molecular flexibility index (Phi) is 5.97. The second-order valence-corrected chi connectivity index (χ2v) is 5.82. The molecule has 0 saturated heterocycles. The molecule has 1 aromatic rings. The van der Waals surface area contributed by atoms with Crippen LogP contribution in [0.1, 0.15) is 32.8 Å². The molecule has 1 aromatic carbocycles. The molecule has 2 nitrogen and oxygen atoms in total. The summed E-state index contributed by atoms with van der Waals surface area (Å²) in [6.45, 7) is 8.80. The van der Waals surface area contributed by atoms with Gasteiger partial charge in [-0.1, -0.05) is 38.4 Å². The number of nitrogens with one attached hydrogen (secondary N) is 1. The molecule has 0 amide bonds. The van der Waals surface area contributed by atoms with Gasteiger partial charge in [-0.3, -0.25) is 0 Å². The van der Waals surface area contributed by atoms with Crippen LogP contribution in [0.5, 0.6) is 5.75 Å². The fourth-order valence-electron chi connectivity index (χ4n) is 1.90. The first kappa shape index (κ1) is 15.3. The fourth-order valence-corrected chi connectivity index (χ4v) is 2.18. The van der Waals surface area contributed by atoms with Crippen LogP contribution in [0.4, 0.5) is 0 Å². The summed E-state index contributed by atoms with van der Waals surface area (Å²) in [5.74, 6) is 0.743. The molecule has 3 heteroatoms. The molecule has 0 aliphatic carbocycles. The van der Waals surface area contributed by atoms with Crippen LogP contribution in [-0.4, -0.2) is 20.2 Å². The van der Waals surface area contributed by atoms with Crippen LogP contribution in [0.2, 0.25) is 5.02 Å². The molecular formula is C15H24ClNO. The summed E-state index contributed by atoms with van der Waals surface area (Å²) in [6.07, 6.45) is 2.19. The third kappa shape index (κ3) is 4.87. The Balaban J connectivity index is 2.55. The largest absolute Gasteiger partial charge is 0.495 e. The molecule has 102 valence electrons. The Hall–Kier alpha value is -0.730. The van der Waals surface area contributed by atoms with Gasteiger partial charge in [0.05, 0.1) is 12.1 Å². The van der Waals surface area contributed by atoms with Crippen molar-refractivity contribution in [2.75, 3.05) is 20.2 Å². The Labute approximate surface area is 116 Å². The number of aryl methyl sites for hydroxylation is 1. The number of halogens is 1. The van der Waals surface area contributed by atoms with Crippen LogP contribution in [-0.2, 0) is 6.42 Å². The van der Waals surface area contributed by atoms with Crippen molar-refractivity contribution in [3.63, 3.8) is 0 Å². The molecule has 0 saturated carbocycles. The summed E-state index contributed by atoms with van der Waals surface area (Å²) in [4.78, 5) is 0. The van der Waals surface area contributed by atoms with E-state index in [-0.39, 0.29) is 0 Å². The van der Waals surface area contributed by atoms with E-state index in [9.17, 15) is 0 Å². The van der Waals surface area contributed by atoms with Crippen molar-refractivity contribution in [3.05, 3.63) is 28.8 Å². The van der Waals surface area contributed by atoms with E-state index in [0.29, 0.717) is 10.4 Å². The highest BCUT2D eigenvalue weighted by Crippen LogP contribution is 2.27.